The first kappa shape index (κ1) is 20.0. The lowest BCUT2D eigenvalue weighted by Gasteiger charge is -2.34. The van der Waals surface area contributed by atoms with E-state index in [0.717, 1.165) is 12.5 Å². The first-order valence-electron chi connectivity index (χ1n) is 7.61. The molecule has 0 rings (SSSR count). The Hall–Kier alpha value is 0.0169. The van der Waals surface area contributed by atoms with Crippen LogP contribution in [0.5, 0.6) is 0 Å². The van der Waals surface area contributed by atoms with E-state index in [4.69, 9.17) is 24.1 Å². The number of hydrogen-bond acceptors (Lipinski definition) is 5. The van der Waals surface area contributed by atoms with Gasteiger partial charge in [-0.15, -0.1) is 0 Å². The van der Waals surface area contributed by atoms with Crippen LogP contribution in [0.15, 0.2) is 0 Å². The molecule has 0 aliphatic rings. The minimum absolute atomic E-state index is 0.0516. The highest BCUT2D eigenvalue weighted by Crippen LogP contribution is 2.28. The van der Waals surface area contributed by atoms with Crippen molar-refractivity contribution in [1.29, 1.82) is 0 Å². The van der Waals surface area contributed by atoms with E-state index in [-0.39, 0.29) is 18.1 Å². The van der Waals surface area contributed by atoms with Gasteiger partial charge in [-0.3, -0.25) is 0 Å². The van der Waals surface area contributed by atoms with Gasteiger partial charge in [0, 0.05) is 32.0 Å². The number of nitrogens with two attached hydrogens (primary N) is 1. The monoisotopic (exact) mass is 307 g/mol. The summed E-state index contributed by atoms with van der Waals surface area (Å²) in [6.07, 6.45) is 1.43. The van der Waals surface area contributed by atoms with E-state index in [2.05, 4.69) is 13.8 Å². The molecule has 0 aromatic carbocycles. The lowest BCUT2D eigenvalue weighted by Crippen LogP contribution is -2.49. The SMILES string of the molecule is CCO[Si](CCC(C)(C)CN)(OCC)OC(C)CCO. The Kier molecular flexibility index (Phi) is 9.87. The zero-order valence-corrected chi connectivity index (χ0v) is 14.8. The minimum atomic E-state index is -2.69. The molecule has 1 atom stereocenters. The Balaban J connectivity index is 4.81. The van der Waals surface area contributed by atoms with Crippen LogP contribution in [0.1, 0.15) is 47.5 Å². The van der Waals surface area contributed by atoms with Gasteiger partial charge in [0.1, 0.15) is 0 Å². The zero-order chi connectivity index (χ0) is 15.6. The van der Waals surface area contributed by atoms with Crippen LogP contribution in [0.2, 0.25) is 6.04 Å². The molecule has 0 bridgehead atoms. The largest absolute Gasteiger partial charge is 0.501 e. The molecular weight excluding hydrogens is 274 g/mol. The second kappa shape index (κ2) is 9.86. The fourth-order valence-electron chi connectivity index (χ4n) is 1.89. The van der Waals surface area contributed by atoms with Crippen molar-refractivity contribution in [2.24, 2.45) is 11.1 Å². The van der Waals surface area contributed by atoms with Gasteiger partial charge in [-0.25, -0.2) is 0 Å². The van der Waals surface area contributed by atoms with Crippen molar-refractivity contribution in [3.8, 4) is 0 Å². The number of aliphatic hydroxyl groups excluding tert-OH is 1. The Morgan fingerprint density at radius 3 is 2.15 bits per heavy atom. The van der Waals surface area contributed by atoms with Crippen LogP contribution in [0.4, 0.5) is 0 Å². The summed E-state index contributed by atoms with van der Waals surface area (Å²) in [6, 6.07) is 0.759. The normalized spacial score (nSPS) is 14.6. The van der Waals surface area contributed by atoms with E-state index < -0.39 is 8.80 Å². The molecule has 0 spiro atoms. The molecule has 0 fully saturated rings. The molecule has 0 saturated carbocycles. The van der Waals surface area contributed by atoms with Gasteiger partial charge in [0.2, 0.25) is 0 Å². The van der Waals surface area contributed by atoms with Gasteiger partial charge in [0.25, 0.3) is 0 Å². The van der Waals surface area contributed by atoms with Crippen molar-refractivity contribution in [2.75, 3.05) is 26.4 Å². The summed E-state index contributed by atoms with van der Waals surface area (Å²) in [4.78, 5) is 0. The predicted molar refractivity (Wildman–Crippen MR) is 83.5 cm³/mol. The molecule has 20 heavy (non-hydrogen) atoms. The maximum atomic E-state index is 9.03. The summed E-state index contributed by atoms with van der Waals surface area (Å²) < 4.78 is 17.9. The van der Waals surface area contributed by atoms with Crippen molar-refractivity contribution in [3.63, 3.8) is 0 Å². The Morgan fingerprint density at radius 1 is 1.20 bits per heavy atom. The molecule has 0 aromatic heterocycles. The van der Waals surface area contributed by atoms with Gasteiger partial charge in [0.05, 0.1) is 0 Å². The zero-order valence-electron chi connectivity index (χ0n) is 13.8. The highest BCUT2D eigenvalue weighted by molar-refractivity contribution is 6.60. The lowest BCUT2D eigenvalue weighted by atomic mass is 9.91. The molecule has 1 unspecified atom stereocenters. The molecular formula is C14H33NO4Si. The molecule has 122 valence electrons. The minimum Gasteiger partial charge on any atom is -0.396 e. The maximum Gasteiger partial charge on any atom is 0.501 e. The van der Waals surface area contributed by atoms with Crippen molar-refractivity contribution in [3.05, 3.63) is 0 Å². The van der Waals surface area contributed by atoms with Gasteiger partial charge in [-0.1, -0.05) is 13.8 Å². The molecule has 0 aliphatic carbocycles. The third-order valence-electron chi connectivity index (χ3n) is 3.31. The number of aliphatic hydroxyl groups is 1. The average molecular weight is 308 g/mol. The highest BCUT2D eigenvalue weighted by Gasteiger charge is 2.43. The van der Waals surface area contributed by atoms with E-state index in [1.165, 1.54) is 0 Å². The van der Waals surface area contributed by atoms with E-state index in [1.807, 2.05) is 20.8 Å². The van der Waals surface area contributed by atoms with Gasteiger partial charge < -0.3 is 24.1 Å². The van der Waals surface area contributed by atoms with Crippen molar-refractivity contribution < 1.29 is 18.4 Å². The Labute approximate surface area is 125 Å². The lowest BCUT2D eigenvalue weighted by molar-refractivity contribution is 0.0277. The van der Waals surface area contributed by atoms with Crippen LogP contribution in [0.3, 0.4) is 0 Å². The first-order chi connectivity index (χ1) is 9.34. The maximum absolute atomic E-state index is 9.03. The van der Waals surface area contributed by atoms with Gasteiger partial charge in [-0.05, 0) is 45.6 Å². The summed E-state index contributed by atoms with van der Waals surface area (Å²) in [5, 5.41) is 9.03. The number of hydrogen-bond donors (Lipinski definition) is 2. The van der Waals surface area contributed by atoms with E-state index in [1.54, 1.807) is 0 Å². The van der Waals surface area contributed by atoms with Gasteiger partial charge >= 0.3 is 8.80 Å². The second-order valence-electron chi connectivity index (χ2n) is 5.86. The molecule has 0 saturated heterocycles. The van der Waals surface area contributed by atoms with Crippen molar-refractivity contribution in [2.45, 2.75) is 59.6 Å². The van der Waals surface area contributed by atoms with Gasteiger partial charge in [0.15, 0.2) is 0 Å². The quantitative estimate of drug-likeness (QED) is 0.541. The van der Waals surface area contributed by atoms with E-state index in [0.29, 0.717) is 26.2 Å². The van der Waals surface area contributed by atoms with Crippen molar-refractivity contribution in [1.82, 2.24) is 0 Å². The third kappa shape index (κ3) is 7.71. The van der Waals surface area contributed by atoms with E-state index in [9.17, 15) is 0 Å². The molecule has 0 aromatic rings. The summed E-state index contributed by atoms with van der Waals surface area (Å²) in [5.74, 6) is 0. The standard InChI is InChI=1S/C14H33NO4Si/c1-6-17-20(18-7-2,19-13(3)8-10-16)11-9-14(4,5)12-15/h13,16H,6-12,15H2,1-5H3. The third-order valence-corrected chi connectivity index (χ3v) is 6.39. The summed E-state index contributed by atoms with van der Waals surface area (Å²) >= 11 is 0. The summed E-state index contributed by atoms with van der Waals surface area (Å²) in [7, 11) is -2.69. The van der Waals surface area contributed by atoms with Crippen LogP contribution in [-0.4, -0.2) is 46.4 Å². The first-order valence-corrected chi connectivity index (χ1v) is 9.54. The highest BCUT2D eigenvalue weighted by atomic mass is 28.4. The Morgan fingerprint density at radius 2 is 1.75 bits per heavy atom. The van der Waals surface area contributed by atoms with Crippen LogP contribution in [0.25, 0.3) is 0 Å². The fraction of sp³-hybridized carbons (Fsp3) is 1.00. The molecule has 6 heteroatoms. The predicted octanol–water partition coefficient (Wildman–Crippen LogP) is 2.16. The molecule has 0 amide bonds. The number of rotatable bonds is 12. The topological polar surface area (TPSA) is 73.9 Å². The van der Waals surface area contributed by atoms with Crippen LogP contribution in [-0.2, 0) is 13.3 Å². The molecule has 0 aliphatic heterocycles. The van der Waals surface area contributed by atoms with E-state index >= 15 is 0 Å². The Bertz CT molecular complexity index is 245. The second-order valence-corrected chi connectivity index (χ2v) is 8.54. The van der Waals surface area contributed by atoms with Gasteiger partial charge in [-0.2, -0.15) is 0 Å². The molecule has 0 heterocycles. The molecule has 0 radical (unpaired) electrons. The van der Waals surface area contributed by atoms with Crippen LogP contribution in [0, 0.1) is 5.41 Å². The molecule has 3 N–H and O–H groups in total. The summed E-state index contributed by atoms with van der Waals surface area (Å²) in [5.41, 5.74) is 5.84. The smallest absolute Gasteiger partial charge is 0.396 e. The fourth-order valence-corrected chi connectivity index (χ4v) is 5.11. The average Bonchev–Trinajstić information content (AvgIpc) is 2.37. The molecule has 5 nitrogen and oxygen atoms in total. The summed E-state index contributed by atoms with van der Waals surface area (Å²) in [6.45, 7) is 12.0. The van der Waals surface area contributed by atoms with Crippen molar-refractivity contribution >= 4 is 8.80 Å². The van der Waals surface area contributed by atoms with Crippen LogP contribution >= 0.6 is 0 Å². The van der Waals surface area contributed by atoms with Crippen LogP contribution < -0.4 is 5.73 Å².